The van der Waals surface area contributed by atoms with Crippen LogP contribution < -0.4 is 10.6 Å². The van der Waals surface area contributed by atoms with Crippen LogP contribution in [0.1, 0.15) is 48.0 Å². The third kappa shape index (κ3) is 9.30. The number of primary amides is 1. The van der Waals surface area contributed by atoms with Gasteiger partial charge in [-0.2, -0.15) is 0 Å². The average molecular weight is 646 g/mol. The molecule has 2 heterocycles. The van der Waals surface area contributed by atoms with Crippen molar-refractivity contribution in [2.75, 3.05) is 50.4 Å². The molecule has 8 nitrogen and oxygen atoms in total. The lowest BCUT2D eigenvalue weighted by molar-refractivity contribution is -0.123. The first kappa shape index (κ1) is 33.6. The first-order valence-electron chi connectivity index (χ1n) is 13.8. The molecule has 0 radical (unpaired) electrons. The quantitative estimate of drug-likeness (QED) is 0.398. The topological polar surface area (TPSA) is 104 Å². The highest BCUT2D eigenvalue weighted by atomic mass is 35.5. The van der Waals surface area contributed by atoms with Crippen molar-refractivity contribution in [1.82, 2.24) is 9.21 Å². The predicted octanol–water partition coefficient (Wildman–Crippen LogP) is 4.86. The number of anilines is 1. The van der Waals surface area contributed by atoms with Crippen LogP contribution in [0.3, 0.4) is 0 Å². The summed E-state index contributed by atoms with van der Waals surface area (Å²) in [5.74, 6) is -0.0350. The number of benzene rings is 2. The first-order valence-corrected chi connectivity index (χ1v) is 16.4. The maximum absolute atomic E-state index is 13.7. The van der Waals surface area contributed by atoms with Crippen LogP contribution in [0.4, 0.5) is 5.69 Å². The molecule has 0 unspecified atom stereocenters. The van der Waals surface area contributed by atoms with Gasteiger partial charge >= 0.3 is 0 Å². The molecule has 2 aliphatic heterocycles. The number of rotatable bonds is 10. The molecule has 2 fully saturated rings. The lowest BCUT2D eigenvalue weighted by Crippen LogP contribution is -2.45. The maximum atomic E-state index is 13.7. The number of nitrogens with zero attached hydrogens (tertiary/aromatic N) is 3. The predicted molar refractivity (Wildman–Crippen MR) is 168 cm³/mol. The van der Waals surface area contributed by atoms with Gasteiger partial charge in [0.2, 0.25) is 21.8 Å². The van der Waals surface area contributed by atoms with Gasteiger partial charge in [0, 0.05) is 36.8 Å². The summed E-state index contributed by atoms with van der Waals surface area (Å²) in [7, 11) is -3.26. The number of piperidine rings is 2. The van der Waals surface area contributed by atoms with Crippen molar-refractivity contribution in [3.8, 4) is 0 Å². The number of halogens is 3. The number of carbonyl (C=O) groups excluding carboxylic acids is 2. The maximum Gasteiger partial charge on any atom is 0.248 e. The minimum atomic E-state index is -3.26. The zero-order chi connectivity index (χ0) is 28.9. The second kappa shape index (κ2) is 15.0. The smallest absolute Gasteiger partial charge is 0.248 e. The van der Waals surface area contributed by atoms with E-state index in [2.05, 4.69) is 4.90 Å². The van der Waals surface area contributed by atoms with E-state index in [0.717, 1.165) is 45.3 Å². The molecule has 2 aromatic rings. The third-order valence-electron chi connectivity index (χ3n) is 8.08. The van der Waals surface area contributed by atoms with Gasteiger partial charge in [-0.15, -0.1) is 12.4 Å². The molecule has 2 amide bonds. The largest absolute Gasteiger partial charge is 0.366 e. The summed E-state index contributed by atoms with van der Waals surface area (Å²) in [5.41, 5.74) is 7.81. The summed E-state index contributed by atoms with van der Waals surface area (Å²) in [6, 6.07) is 12.8. The van der Waals surface area contributed by atoms with E-state index in [1.165, 1.54) is 16.1 Å². The molecular weight excluding hydrogens is 607 g/mol. The summed E-state index contributed by atoms with van der Waals surface area (Å²) in [4.78, 5) is 29.2. The van der Waals surface area contributed by atoms with Crippen molar-refractivity contribution in [2.24, 2.45) is 17.6 Å². The third-order valence-corrected chi connectivity index (χ3v) is 10.1. The Morgan fingerprint density at radius 1 is 0.951 bits per heavy atom. The lowest BCUT2D eigenvalue weighted by Gasteiger charge is -2.35. The molecule has 12 heteroatoms. The Bertz CT molecular complexity index is 1290. The number of likely N-dealkylation sites (tertiary alicyclic amines) is 1. The van der Waals surface area contributed by atoms with Gasteiger partial charge in [0.15, 0.2) is 0 Å². The van der Waals surface area contributed by atoms with Crippen LogP contribution in [-0.2, 0) is 21.2 Å². The molecule has 0 saturated carbocycles. The zero-order valence-corrected chi connectivity index (χ0v) is 26.5. The van der Waals surface area contributed by atoms with Gasteiger partial charge in [-0.05, 0) is 100.0 Å². The number of carbonyl (C=O) groups is 2. The molecule has 2 saturated heterocycles. The molecule has 0 spiro atoms. The van der Waals surface area contributed by atoms with E-state index in [-0.39, 0.29) is 24.2 Å². The highest BCUT2D eigenvalue weighted by molar-refractivity contribution is 7.88. The number of hydrogen-bond acceptors (Lipinski definition) is 5. The van der Waals surface area contributed by atoms with E-state index in [1.807, 2.05) is 18.2 Å². The SMILES string of the molecule is CS(=O)(=O)N1CCC(C(=O)N(CCCN2CCC(Cc3ccc(C(N)=O)cc3)CC2)c2ccc(Cl)c(Cl)c2)CC1.Cl. The molecule has 0 bridgehead atoms. The van der Waals surface area contributed by atoms with Gasteiger partial charge in [0.1, 0.15) is 0 Å². The Kier molecular flexibility index (Phi) is 12.3. The Labute approximate surface area is 259 Å². The van der Waals surface area contributed by atoms with E-state index in [0.29, 0.717) is 59.7 Å². The van der Waals surface area contributed by atoms with E-state index in [1.54, 1.807) is 29.2 Å². The molecule has 4 rings (SSSR count). The first-order chi connectivity index (χ1) is 19.0. The fourth-order valence-corrected chi connectivity index (χ4v) is 6.85. The highest BCUT2D eigenvalue weighted by Crippen LogP contribution is 2.30. The lowest BCUT2D eigenvalue weighted by atomic mass is 9.90. The second-order valence-electron chi connectivity index (χ2n) is 10.9. The van der Waals surface area contributed by atoms with Crippen molar-refractivity contribution in [1.29, 1.82) is 0 Å². The van der Waals surface area contributed by atoms with Gasteiger partial charge in [-0.25, -0.2) is 12.7 Å². The minimum Gasteiger partial charge on any atom is -0.366 e. The van der Waals surface area contributed by atoms with Crippen LogP contribution >= 0.6 is 35.6 Å². The Morgan fingerprint density at radius 2 is 1.59 bits per heavy atom. The minimum absolute atomic E-state index is 0. The molecule has 2 aromatic carbocycles. The Morgan fingerprint density at radius 3 is 2.15 bits per heavy atom. The molecule has 0 aromatic heterocycles. The van der Waals surface area contributed by atoms with Gasteiger partial charge in [-0.1, -0.05) is 35.3 Å². The van der Waals surface area contributed by atoms with Crippen LogP contribution in [0.5, 0.6) is 0 Å². The van der Waals surface area contributed by atoms with Crippen LogP contribution in [-0.4, -0.2) is 75.0 Å². The van der Waals surface area contributed by atoms with Gasteiger partial charge in [-0.3, -0.25) is 9.59 Å². The van der Waals surface area contributed by atoms with Crippen LogP contribution in [0.15, 0.2) is 42.5 Å². The van der Waals surface area contributed by atoms with E-state index in [9.17, 15) is 18.0 Å². The van der Waals surface area contributed by atoms with Gasteiger partial charge in [0.25, 0.3) is 0 Å². The van der Waals surface area contributed by atoms with Crippen molar-refractivity contribution in [3.63, 3.8) is 0 Å². The van der Waals surface area contributed by atoms with Crippen LogP contribution in [0.2, 0.25) is 10.0 Å². The van der Waals surface area contributed by atoms with Crippen molar-refractivity contribution in [2.45, 2.75) is 38.5 Å². The molecule has 41 heavy (non-hydrogen) atoms. The van der Waals surface area contributed by atoms with Gasteiger partial charge in [0.05, 0.1) is 16.3 Å². The molecule has 0 aliphatic carbocycles. The molecule has 0 atom stereocenters. The zero-order valence-electron chi connectivity index (χ0n) is 23.3. The van der Waals surface area contributed by atoms with Crippen molar-refractivity contribution >= 4 is 63.1 Å². The van der Waals surface area contributed by atoms with Crippen molar-refractivity contribution < 1.29 is 18.0 Å². The summed E-state index contributed by atoms with van der Waals surface area (Å²) in [5, 5.41) is 0.834. The van der Waals surface area contributed by atoms with E-state index < -0.39 is 15.9 Å². The monoisotopic (exact) mass is 644 g/mol. The summed E-state index contributed by atoms with van der Waals surface area (Å²) >= 11 is 12.4. The summed E-state index contributed by atoms with van der Waals surface area (Å²) in [6.07, 6.45) is 6.23. The number of sulfonamides is 1. The molecular formula is C29H39Cl3N4O4S. The number of amides is 2. The number of nitrogens with two attached hydrogens (primary N) is 1. The van der Waals surface area contributed by atoms with E-state index >= 15 is 0 Å². The van der Waals surface area contributed by atoms with Crippen molar-refractivity contribution in [3.05, 3.63) is 63.6 Å². The Balaban J connectivity index is 0.00000462. The normalized spacial score (nSPS) is 17.6. The standard InChI is InChI=1S/C29H38Cl2N4O4S.ClH/c1-40(38,39)34-17-11-24(12-18-34)29(37)35(25-7-8-26(30)27(31)20-25)14-2-13-33-15-9-22(10-16-33)19-21-3-5-23(6-4-21)28(32)36;/h3-8,20,22,24H,2,9-19H2,1H3,(H2,32,36);1H. The van der Waals surface area contributed by atoms with Crippen LogP contribution in [0, 0.1) is 11.8 Å². The van der Waals surface area contributed by atoms with Gasteiger partial charge < -0.3 is 15.5 Å². The summed E-state index contributed by atoms with van der Waals surface area (Å²) in [6.45, 7) is 4.17. The van der Waals surface area contributed by atoms with E-state index in [4.69, 9.17) is 28.9 Å². The molecule has 2 aliphatic rings. The molecule has 226 valence electrons. The molecule has 2 N–H and O–H groups in total. The fourth-order valence-electron chi connectivity index (χ4n) is 5.68. The summed E-state index contributed by atoms with van der Waals surface area (Å²) < 4.78 is 25.3. The highest BCUT2D eigenvalue weighted by Gasteiger charge is 2.32. The number of hydrogen-bond donors (Lipinski definition) is 1. The fraction of sp³-hybridized carbons (Fsp3) is 0.517. The second-order valence-corrected chi connectivity index (χ2v) is 13.7. The average Bonchev–Trinajstić information content (AvgIpc) is 2.93. The Hall–Kier alpha value is -1.88. The van der Waals surface area contributed by atoms with Crippen LogP contribution in [0.25, 0.3) is 0 Å².